The summed E-state index contributed by atoms with van der Waals surface area (Å²) >= 11 is 1.27. The molecule has 0 bridgehead atoms. The maximum Gasteiger partial charge on any atom is 0.329 e. The van der Waals surface area contributed by atoms with Crippen molar-refractivity contribution in [1.82, 2.24) is 39.4 Å². The summed E-state index contributed by atoms with van der Waals surface area (Å²) < 4.78 is 19.7. The summed E-state index contributed by atoms with van der Waals surface area (Å²) in [5.74, 6) is -1.21. The zero-order valence-corrected chi connectivity index (χ0v) is 38.7. The molecule has 0 radical (unpaired) electrons. The summed E-state index contributed by atoms with van der Waals surface area (Å²) in [7, 11) is 1.82. The normalized spacial score (nSPS) is 19.7. The second-order valence-corrected chi connectivity index (χ2v) is 20.4. The SMILES string of the molecule is Cn1nc(N2CCC(=O)NC2=O)c2ccc(N3CCC(O)(CC(=O)N4CC5(C4)CN(c4ccc(-c6cc(F)c7c(c6)C(=O)N(C(C(=O)Nc6nccs6)c6ncn8c6CCC8)C7)cc4)C5)CC3)cc21. The molecule has 1 unspecified atom stereocenters. The Bertz CT molecular complexity index is 3090. The van der Waals surface area contributed by atoms with Gasteiger partial charge in [0.15, 0.2) is 17.0 Å². The number of piperidine rings is 1. The highest BCUT2D eigenvalue weighted by atomic mass is 32.1. The lowest BCUT2D eigenvalue weighted by Crippen LogP contribution is -2.73. The fraction of sp³-hybridized carbons (Fsp3) is 0.388. The van der Waals surface area contributed by atoms with Crippen LogP contribution in [0.5, 0.6) is 0 Å². The van der Waals surface area contributed by atoms with E-state index in [0.717, 1.165) is 66.0 Å². The molecule has 3 aromatic carbocycles. The van der Waals surface area contributed by atoms with Gasteiger partial charge in [-0.15, -0.1) is 11.3 Å². The maximum atomic E-state index is 16.0. The van der Waals surface area contributed by atoms with Gasteiger partial charge in [0.2, 0.25) is 11.8 Å². The number of fused-ring (bicyclic) bond motifs is 3. The van der Waals surface area contributed by atoms with Gasteiger partial charge >= 0.3 is 6.03 Å². The molecule has 6 aliphatic heterocycles. The molecule has 6 aromatic rings. The first-order valence-corrected chi connectivity index (χ1v) is 24.3. The van der Waals surface area contributed by atoms with E-state index >= 15 is 4.39 Å². The Labute approximate surface area is 399 Å². The number of benzene rings is 3. The number of thiazole rings is 1. The van der Waals surface area contributed by atoms with Crippen LogP contribution in [0.15, 0.2) is 72.5 Å². The number of imide groups is 1. The summed E-state index contributed by atoms with van der Waals surface area (Å²) in [5.41, 5.74) is 4.93. The van der Waals surface area contributed by atoms with Crippen LogP contribution in [0.3, 0.4) is 0 Å². The maximum absolute atomic E-state index is 16.0. The number of nitrogens with one attached hydrogen (secondary N) is 2. The van der Waals surface area contributed by atoms with Crippen LogP contribution in [0.2, 0.25) is 0 Å². The first-order chi connectivity index (χ1) is 33.3. The third-order valence-electron chi connectivity index (χ3n) is 15.0. The third kappa shape index (κ3) is 7.47. The molecule has 12 rings (SSSR count). The second kappa shape index (κ2) is 16.2. The zero-order chi connectivity index (χ0) is 47.3. The molecule has 20 heteroatoms. The number of hydrogen-bond donors (Lipinski definition) is 3. The molecule has 69 heavy (non-hydrogen) atoms. The van der Waals surface area contributed by atoms with Crippen molar-refractivity contribution in [3.05, 3.63) is 101 Å². The molecule has 0 aliphatic carbocycles. The van der Waals surface area contributed by atoms with Gasteiger partial charge in [-0.05, 0) is 79.3 Å². The summed E-state index contributed by atoms with van der Waals surface area (Å²) in [5, 5.41) is 24.3. The number of likely N-dealkylation sites (tertiary alicyclic amines) is 1. The summed E-state index contributed by atoms with van der Waals surface area (Å²) in [4.78, 5) is 83.8. The van der Waals surface area contributed by atoms with Crippen molar-refractivity contribution in [2.75, 3.05) is 65.8 Å². The van der Waals surface area contributed by atoms with Gasteiger partial charge in [-0.1, -0.05) is 12.1 Å². The van der Waals surface area contributed by atoms with E-state index in [4.69, 9.17) is 0 Å². The number of imidazole rings is 1. The average Bonchev–Trinajstić information content (AvgIpc) is 4.16. The number of amides is 6. The van der Waals surface area contributed by atoms with Crippen LogP contribution in [0, 0.1) is 11.2 Å². The van der Waals surface area contributed by atoms with Gasteiger partial charge in [0.25, 0.3) is 11.8 Å². The first kappa shape index (κ1) is 43.1. The number of aliphatic hydroxyl groups is 1. The molecule has 3 aromatic heterocycles. The van der Waals surface area contributed by atoms with Crippen LogP contribution in [0.1, 0.15) is 65.5 Å². The van der Waals surface area contributed by atoms with E-state index in [-0.39, 0.29) is 54.3 Å². The molecule has 6 amide bonds. The molecule has 6 aliphatic rings. The first-order valence-electron chi connectivity index (χ1n) is 23.4. The van der Waals surface area contributed by atoms with Crippen molar-refractivity contribution >= 4 is 74.2 Å². The van der Waals surface area contributed by atoms with Gasteiger partial charge in [0.1, 0.15) is 5.82 Å². The van der Waals surface area contributed by atoms with Gasteiger partial charge in [0, 0.05) is 116 Å². The minimum absolute atomic E-state index is 0.000886. The number of urea groups is 1. The quantitative estimate of drug-likeness (QED) is 0.170. The molecule has 1 atom stereocenters. The van der Waals surface area contributed by atoms with Gasteiger partial charge < -0.3 is 29.3 Å². The van der Waals surface area contributed by atoms with E-state index in [2.05, 4.69) is 35.5 Å². The van der Waals surface area contributed by atoms with E-state index in [0.29, 0.717) is 61.2 Å². The standard InChI is InChI=1S/C49H49FN12O6S/c1-56-38-21-32(8-9-33(38)43(55-56)61-15-10-39(63)53-47(61)67)57-16-11-49(68,12-17-57)22-40(64)60-26-48(27-60)24-59(25-48)31-6-4-29(5-7-31)30-19-34-35(36(50)20-30)23-62(45(34)66)42(44(65)54-46-51-13-18-69-46)41-37-3-2-14-58(37)28-52-41/h4-9,13,18-21,28,42,68H,2-3,10-12,14-17,22-27H2,1H3,(H,51,54,65)(H,53,63,67). The summed E-state index contributed by atoms with van der Waals surface area (Å²) in [6.07, 6.45) is 6.13. The minimum Gasteiger partial charge on any atom is -0.389 e. The predicted octanol–water partition coefficient (Wildman–Crippen LogP) is 4.83. The molecule has 18 nitrogen and oxygen atoms in total. The van der Waals surface area contributed by atoms with E-state index in [1.54, 1.807) is 28.7 Å². The fourth-order valence-electron chi connectivity index (χ4n) is 11.3. The predicted molar refractivity (Wildman–Crippen MR) is 254 cm³/mol. The molecule has 4 saturated heterocycles. The molecule has 9 heterocycles. The lowest BCUT2D eigenvalue weighted by atomic mass is 9.72. The topological polar surface area (TPSA) is 194 Å². The Kier molecular flexibility index (Phi) is 10.1. The monoisotopic (exact) mass is 952 g/mol. The number of anilines is 4. The Morgan fingerprint density at radius 2 is 1.70 bits per heavy atom. The van der Waals surface area contributed by atoms with Crippen LogP contribution in [-0.4, -0.2) is 120 Å². The summed E-state index contributed by atoms with van der Waals surface area (Å²) in [6.45, 7) is 5.00. The molecule has 354 valence electrons. The molecule has 1 spiro atoms. The van der Waals surface area contributed by atoms with Crippen LogP contribution in [0.25, 0.3) is 22.0 Å². The van der Waals surface area contributed by atoms with Crippen LogP contribution in [-0.2, 0) is 40.9 Å². The van der Waals surface area contributed by atoms with Crippen LogP contribution < -0.4 is 25.3 Å². The lowest BCUT2D eigenvalue weighted by Gasteiger charge is -2.61. The lowest BCUT2D eigenvalue weighted by molar-refractivity contribution is -0.151. The molecule has 0 saturated carbocycles. The van der Waals surface area contributed by atoms with Crippen molar-refractivity contribution in [3.63, 3.8) is 0 Å². The number of aryl methyl sites for hydroxylation is 2. The number of rotatable bonds is 10. The smallest absolute Gasteiger partial charge is 0.329 e. The van der Waals surface area contributed by atoms with Gasteiger partial charge in [-0.2, -0.15) is 5.10 Å². The van der Waals surface area contributed by atoms with Crippen molar-refractivity contribution in [3.8, 4) is 11.1 Å². The number of halogens is 1. The Hall–Kier alpha value is -7.19. The molecular weight excluding hydrogens is 904 g/mol. The van der Waals surface area contributed by atoms with Gasteiger partial charge in [-0.25, -0.2) is 19.2 Å². The largest absolute Gasteiger partial charge is 0.389 e. The highest BCUT2D eigenvalue weighted by molar-refractivity contribution is 7.13. The van der Waals surface area contributed by atoms with E-state index in [1.807, 2.05) is 59.0 Å². The Balaban J connectivity index is 0.646. The summed E-state index contributed by atoms with van der Waals surface area (Å²) in [6, 6.07) is 15.4. The second-order valence-electron chi connectivity index (χ2n) is 19.5. The highest BCUT2D eigenvalue weighted by Crippen LogP contribution is 2.44. The number of nitrogens with zero attached hydrogens (tertiary/aromatic N) is 10. The Morgan fingerprint density at radius 1 is 0.913 bits per heavy atom. The number of hydrogen-bond acceptors (Lipinski definition) is 12. The third-order valence-corrected chi connectivity index (χ3v) is 15.7. The number of aromatic nitrogens is 5. The van der Waals surface area contributed by atoms with E-state index in [9.17, 15) is 29.1 Å². The van der Waals surface area contributed by atoms with Crippen LogP contribution in [0.4, 0.5) is 31.5 Å². The number of carbonyl (C=O) groups excluding carboxylic acids is 5. The molecule has 3 N–H and O–H groups in total. The fourth-order valence-corrected chi connectivity index (χ4v) is 11.8. The van der Waals surface area contributed by atoms with E-state index in [1.165, 1.54) is 27.2 Å². The highest BCUT2D eigenvalue weighted by Gasteiger charge is 2.54. The minimum atomic E-state index is -1.09. The van der Waals surface area contributed by atoms with Crippen molar-refractivity contribution in [2.45, 2.75) is 63.3 Å². The molecular formula is C49H49FN12O6S. The number of carbonyl (C=O) groups is 5. The van der Waals surface area contributed by atoms with Crippen molar-refractivity contribution < 1.29 is 33.5 Å². The van der Waals surface area contributed by atoms with Crippen molar-refractivity contribution in [2.24, 2.45) is 12.5 Å². The zero-order valence-electron chi connectivity index (χ0n) is 37.9. The van der Waals surface area contributed by atoms with Gasteiger partial charge in [0.05, 0.1) is 36.1 Å². The van der Waals surface area contributed by atoms with Gasteiger partial charge in [-0.3, -0.25) is 39.4 Å². The average molecular weight is 953 g/mol. The van der Waals surface area contributed by atoms with Crippen molar-refractivity contribution in [1.29, 1.82) is 0 Å². The van der Waals surface area contributed by atoms with E-state index < -0.39 is 35.3 Å². The molecule has 4 fully saturated rings. The Morgan fingerprint density at radius 3 is 2.45 bits per heavy atom. The van der Waals surface area contributed by atoms with Crippen LogP contribution >= 0.6 is 11.3 Å².